The number of fused-ring (bicyclic) bond motifs is 7. The lowest BCUT2D eigenvalue weighted by molar-refractivity contribution is -0.272. The Hall–Kier alpha value is -1.60. The number of aliphatic hydroxyl groups excluding tert-OH is 1. The number of aliphatic hydroxyl groups is 1. The van der Waals surface area contributed by atoms with Gasteiger partial charge in [-0.15, -0.1) is 0 Å². The summed E-state index contributed by atoms with van der Waals surface area (Å²) in [5.74, 6) is -2.57. The Morgan fingerprint density at radius 1 is 1.29 bits per heavy atom. The van der Waals surface area contributed by atoms with E-state index in [1.54, 1.807) is 20.8 Å². The van der Waals surface area contributed by atoms with Gasteiger partial charge < -0.3 is 14.6 Å². The molecule has 4 aliphatic carbocycles. The fraction of sp³-hybridized carbons (Fsp3) is 0.731. The summed E-state index contributed by atoms with van der Waals surface area (Å²) in [5, 5.41) is 20.3. The summed E-state index contributed by atoms with van der Waals surface area (Å²) < 4.78 is 45.8. The highest BCUT2D eigenvalue weighted by Crippen LogP contribution is 2.77. The summed E-state index contributed by atoms with van der Waals surface area (Å²) in [4.78, 5) is 25.8. The highest BCUT2D eigenvalue weighted by Gasteiger charge is 2.84. The normalized spacial score (nSPS) is 51.5. The first kappa shape index (κ1) is 25.1. The van der Waals surface area contributed by atoms with Gasteiger partial charge >= 0.3 is 0 Å². The Morgan fingerprint density at radius 3 is 2.63 bits per heavy atom. The van der Waals surface area contributed by atoms with E-state index < -0.39 is 63.4 Å². The average Bonchev–Trinajstić information content (AvgIpc) is 3.14. The number of nitrogens with zero attached hydrogens (tertiary/aromatic N) is 1. The van der Waals surface area contributed by atoms with Gasteiger partial charge in [0.05, 0.1) is 24.0 Å². The van der Waals surface area contributed by atoms with Crippen LogP contribution in [0.2, 0.25) is 0 Å². The molecule has 3 saturated carbocycles. The van der Waals surface area contributed by atoms with Crippen molar-refractivity contribution in [3.63, 3.8) is 0 Å². The monoisotopic (exact) mass is 507 g/mol. The van der Waals surface area contributed by atoms with Crippen molar-refractivity contribution in [2.75, 3.05) is 5.75 Å². The van der Waals surface area contributed by atoms with Gasteiger partial charge in [-0.2, -0.15) is 5.26 Å². The summed E-state index contributed by atoms with van der Waals surface area (Å²) in [6.45, 7) is 8.62. The third kappa shape index (κ3) is 2.75. The van der Waals surface area contributed by atoms with Gasteiger partial charge in [-0.1, -0.05) is 31.7 Å². The van der Waals surface area contributed by atoms with Gasteiger partial charge in [0, 0.05) is 16.7 Å². The maximum absolute atomic E-state index is 17.5. The second-order valence-corrected chi connectivity index (χ2v) is 12.8. The molecule has 9 heteroatoms. The van der Waals surface area contributed by atoms with Crippen LogP contribution in [0.1, 0.15) is 53.9 Å². The van der Waals surface area contributed by atoms with Crippen molar-refractivity contribution in [2.45, 2.75) is 89.3 Å². The summed E-state index contributed by atoms with van der Waals surface area (Å²) in [6, 6.07) is 1.96. The molecule has 1 heterocycles. The number of rotatable bonds is 2. The summed E-state index contributed by atoms with van der Waals surface area (Å²) in [5.41, 5.74) is -7.36. The Bertz CT molecular complexity index is 1120. The smallest absolute Gasteiger partial charge is 0.225 e. The molecule has 0 spiro atoms. The van der Waals surface area contributed by atoms with Gasteiger partial charge in [0.15, 0.2) is 22.8 Å². The number of hydrogen-bond acceptors (Lipinski definition) is 7. The minimum absolute atomic E-state index is 0.0530. The van der Waals surface area contributed by atoms with Crippen LogP contribution in [-0.2, 0) is 19.1 Å². The first-order valence-corrected chi connectivity index (χ1v) is 13.0. The summed E-state index contributed by atoms with van der Waals surface area (Å²) in [7, 11) is 0. The van der Waals surface area contributed by atoms with Crippen LogP contribution in [0.4, 0.5) is 8.78 Å². The Labute approximate surface area is 208 Å². The van der Waals surface area contributed by atoms with E-state index in [0.29, 0.717) is 0 Å². The standard InChI is InChI=1S/C26H31F2NO5S/c1-21(2)33-19-13-23(4)17-11-16(27)15-10-14(30)6-7-22(15,3)25(17,28)18(31)12-24(23,5)26(19,34-21)20(32)35-9-8-29/h6-7,10,16-19,31H,9,11-13H2,1-5H3/t16-,17-,18-,19+,22-,23-,24-,25-,26-/m0/s1. The van der Waals surface area contributed by atoms with Crippen molar-refractivity contribution < 1.29 is 33.0 Å². The van der Waals surface area contributed by atoms with E-state index in [1.807, 2.05) is 19.9 Å². The summed E-state index contributed by atoms with van der Waals surface area (Å²) >= 11 is 0.830. The largest absolute Gasteiger partial charge is 0.390 e. The second kappa shape index (κ2) is 7.25. The minimum atomic E-state index is -2.27. The van der Waals surface area contributed by atoms with Crippen molar-refractivity contribution >= 4 is 22.7 Å². The number of hydrogen-bond donors (Lipinski definition) is 1. The summed E-state index contributed by atoms with van der Waals surface area (Å²) in [6.07, 6.45) is -0.188. The van der Waals surface area contributed by atoms with Gasteiger partial charge in [-0.25, -0.2) is 8.78 Å². The van der Waals surface area contributed by atoms with Crippen LogP contribution in [0, 0.1) is 33.5 Å². The molecule has 1 aliphatic heterocycles. The number of carbonyl (C=O) groups excluding carboxylic acids is 2. The molecule has 5 aliphatic rings. The molecule has 0 bridgehead atoms. The van der Waals surface area contributed by atoms with Crippen LogP contribution < -0.4 is 0 Å². The number of carbonyl (C=O) groups is 2. The fourth-order valence-corrected chi connectivity index (χ4v) is 9.08. The Kier molecular flexibility index (Phi) is 5.19. The zero-order valence-electron chi connectivity index (χ0n) is 20.6. The molecule has 4 fully saturated rings. The van der Waals surface area contributed by atoms with Crippen LogP contribution in [0.25, 0.3) is 0 Å². The van der Waals surface area contributed by atoms with Gasteiger partial charge in [0.1, 0.15) is 6.17 Å². The molecule has 0 amide bonds. The lowest BCUT2D eigenvalue weighted by Gasteiger charge is -2.67. The van der Waals surface area contributed by atoms with E-state index in [4.69, 9.17) is 14.7 Å². The van der Waals surface area contributed by atoms with Crippen molar-refractivity contribution in [2.24, 2.45) is 22.2 Å². The van der Waals surface area contributed by atoms with E-state index in [0.717, 1.165) is 17.8 Å². The van der Waals surface area contributed by atoms with E-state index in [1.165, 1.54) is 12.2 Å². The average molecular weight is 508 g/mol. The molecule has 1 N–H and O–H groups in total. The van der Waals surface area contributed by atoms with Crippen LogP contribution in [-0.4, -0.2) is 57.2 Å². The van der Waals surface area contributed by atoms with Crippen LogP contribution in [0.5, 0.6) is 0 Å². The molecule has 1 saturated heterocycles. The van der Waals surface area contributed by atoms with Gasteiger partial charge in [-0.3, -0.25) is 9.59 Å². The van der Waals surface area contributed by atoms with Crippen LogP contribution in [0.3, 0.4) is 0 Å². The number of nitriles is 1. The fourth-order valence-electron chi connectivity index (χ4n) is 8.27. The molecule has 35 heavy (non-hydrogen) atoms. The molecule has 0 aromatic carbocycles. The molecule has 0 radical (unpaired) electrons. The minimum Gasteiger partial charge on any atom is -0.390 e. The van der Waals surface area contributed by atoms with E-state index in [9.17, 15) is 14.7 Å². The van der Waals surface area contributed by atoms with Crippen LogP contribution in [0.15, 0.2) is 23.8 Å². The Balaban J connectivity index is 1.69. The quantitative estimate of drug-likeness (QED) is 0.604. The lowest BCUT2D eigenvalue weighted by Crippen LogP contribution is -2.73. The topological polar surface area (TPSA) is 96.6 Å². The number of alkyl halides is 2. The molecule has 0 aromatic heterocycles. The first-order valence-electron chi connectivity index (χ1n) is 12.0. The van der Waals surface area contributed by atoms with Crippen molar-refractivity contribution in [1.29, 1.82) is 5.26 Å². The molecule has 190 valence electrons. The third-order valence-electron chi connectivity index (χ3n) is 9.96. The zero-order chi connectivity index (χ0) is 25.8. The zero-order valence-corrected chi connectivity index (χ0v) is 21.4. The van der Waals surface area contributed by atoms with E-state index in [-0.39, 0.29) is 35.7 Å². The Morgan fingerprint density at radius 2 is 1.97 bits per heavy atom. The van der Waals surface area contributed by atoms with Gasteiger partial charge in [0.2, 0.25) is 5.12 Å². The van der Waals surface area contributed by atoms with Crippen LogP contribution >= 0.6 is 11.8 Å². The van der Waals surface area contributed by atoms with E-state index >= 15 is 8.78 Å². The van der Waals surface area contributed by atoms with Crippen molar-refractivity contribution in [3.8, 4) is 6.07 Å². The second-order valence-electron chi connectivity index (χ2n) is 11.8. The van der Waals surface area contributed by atoms with Gasteiger partial charge in [-0.05, 0) is 63.2 Å². The van der Waals surface area contributed by atoms with E-state index in [2.05, 4.69) is 0 Å². The van der Waals surface area contributed by atoms with Crippen molar-refractivity contribution in [1.82, 2.24) is 0 Å². The molecule has 0 unspecified atom stereocenters. The van der Waals surface area contributed by atoms with Gasteiger partial charge in [0.25, 0.3) is 0 Å². The SMILES string of the molecule is CC1(C)O[C@@H]2C[C@@]3(C)[C@@H]4C[C@H](F)C5=CC(=O)C=C[C@]5(C)[C@@]4(F)[C@@H](O)C[C@]3(C)[C@]2(C(=O)SCC#N)O1. The third-order valence-corrected chi connectivity index (χ3v) is 10.8. The highest BCUT2D eigenvalue weighted by molar-refractivity contribution is 8.14. The van der Waals surface area contributed by atoms with Crippen molar-refractivity contribution in [3.05, 3.63) is 23.8 Å². The molecular weight excluding hydrogens is 476 g/mol. The molecule has 0 aromatic rings. The number of halogens is 2. The molecule has 5 rings (SSSR count). The number of ether oxygens (including phenoxy) is 2. The number of thioether (sulfide) groups is 1. The predicted molar refractivity (Wildman–Crippen MR) is 124 cm³/mol. The maximum atomic E-state index is 17.5. The predicted octanol–water partition coefficient (Wildman–Crippen LogP) is 3.98. The number of ketones is 1. The molecule has 9 atom stereocenters. The first-order chi connectivity index (χ1) is 16.1. The maximum Gasteiger partial charge on any atom is 0.225 e. The molecule has 6 nitrogen and oxygen atoms in total. The molecular formula is C26H31F2NO5S. The highest BCUT2D eigenvalue weighted by atomic mass is 32.2. The lowest BCUT2D eigenvalue weighted by atomic mass is 9.40. The number of allylic oxidation sites excluding steroid dienone is 4.